The lowest BCUT2D eigenvalue weighted by Crippen LogP contribution is -2.43. The first-order chi connectivity index (χ1) is 12.5. The van der Waals surface area contributed by atoms with Gasteiger partial charge in [-0.3, -0.25) is 9.59 Å². The molecule has 1 aromatic rings. The standard InChI is InChI=1S/C20H27F2NO4/c1-12(24)23-7-6-15(13(11-23)8-18(25)27-20(2,3)4)19-16(21)9-14(26-5)10-17(19)22/h9-10,13,15H,6-8,11H2,1-5H3/t13-,15?/m1/s1. The van der Waals surface area contributed by atoms with E-state index in [1.165, 1.54) is 14.0 Å². The Morgan fingerprint density at radius 2 is 1.81 bits per heavy atom. The zero-order valence-corrected chi connectivity index (χ0v) is 16.5. The Morgan fingerprint density at radius 1 is 1.22 bits per heavy atom. The van der Waals surface area contributed by atoms with Crippen LogP contribution in [0.15, 0.2) is 12.1 Å². The van der Waals surface area contributed by atoms with Gasteiger partial charge in [-0.15, -0.1) is 0 Å². The molecule has 0 radical (unpaired) electrons. The first kappa shape index (κ1) is 21.1. The van der Waals surface area contributed by atoms with E-state index in [4.69, 9.17) is 9.47 Å². The van der Waals surface area contributed by atoms with Crippen LogP contribution in [-0.2, 0) is 14.3 Å². The van der Waals surface area contributed by atoms with Crippen molar-refractivity contribution in [2.75, 3.05) is 20.2 Å². The summed E-state index contributed by atoms with van der Waals surface area (Å²) >= 11 is 0. The number of amides is 1. The molecular formula is C20H27F2NO4. The summed E-state index contributed by atoms with van der Waals surface area (Å²) in [6.45, 7) is 7.36. The van der Waals surface area contributed by atoms with Gasteiger partial charge in [-0.05, 0) is 39.0 Å². The highest BCUT2D eigenvalue weighted by Crippen LogP contribution is 2.39. The third-order valence-electron chi connectivity index (χ3n) is 4.69. The quantitative estimate of drug-likeness (QED) is 0.745. The maximum absolute atomic E-state index is 14.6. The van der Waals surface area contributed by atoms with E-state index in [1.54, 1.807) is 25.7 Å². The largest absolute Gasteiger partial charge is 0.497 e. The van der Waals surface area contributed by atoms with E-state index < -0.39 is 35.0 Å². The van der Waals surface area contributed by atoms with Crippen molar-refractivity contribution in [3.05, 3.63) is 29.3 Å². The SMILES string of the molecule is COc1cc(F)c(C2CCN(C(C)=O)C[C@H]2CC(=O)OC(C)(C)C)c(F)c1. The van der Waals surface area contributed by atoms with Crippen LogP contribution < -0.4 is 4.74 Å². The van der Waals surface area contributed by atoms with Gasteiger partial charge in [0.25, 0.3) is 0 Å². The number of piperidine rings is 1. The third-order valence-corrected chi connectivity index (χ3v) is 4.69. The van der Waals surface area contributed by atoms with Crippen molar-refractivity contribution in [1.29, 1.82) is 0 Å². The van der Waals surface area contributed by atoms with Gasteiger partial charge in [0.2, 0.25) is 5.91 Å². The summed E-state index contributed by atoms with van der Waals surface area (Å²) in [6.07, 6.45) is 0.351. The fourth-order valence-corrected chi connectivity index (χ4v) is 3.54. The van der Waals surface area contributed by atoms with Crippen LogP contribution in [0.2, 0.25) is 0 Å². The number of rotatable bonds is 4. The number of carbonyl (C=O) groups is 2. The number of halogens is 2. The molecule has 27 heavy (non-hydrogen) atoms. The average molecular weight is 383 g/mol. The molecule has 0 bridgehead atoms. The van der Waals surface area contributed by atoms with Crippen molar-refractivity contribution in [2.24, 2.45) is 5.92 Å². The summed E-state index contributed by atoms with van der Waals surface area (Å²) < 4.78 is 39.5. The number of nitrogens with zero attached hydrogens (tertiary/aromatic N) is 1. The van der Waals surface area contributed by atoms with Gasteiger partial charge in [0.05, 0.1) is 13.5 Å². The molecule has 1 heterocycles. The highest BCUT2D eigenvalue weighted by Gasteiger charge is 2.37. The Labute approximate surface area is 158 Å². The van der Waals surface area contributed by atoms with E-state index in [9.17, 15) is 18.4 Å². The molecule has 0 aromatic heterocycles. The van der Waals surface area contributed by atoms with Crippen LogP contribution in [0.3, 0.4) is 0 Å². The number of ether oxygens (including phenoxy) is 2. The van der Waals surface area contributed by atoms with Crippen molar-refractivity contribution >= 4 is 11.9 Å². The molecule has 7 heteroatoms. The molecule has 150 valence electrons. The third kappa shape index (κ3) is 5.40. The van der Waals surface area contributed by atoms with Crippen LogP contribution in [0.5, 0.6) is 5.75 Å². The number of carbonyl (C=O) groups excluding carboxylic acids is 2. The maximum Gasteiger partial charge on any atom is 0.306 e. The van der Waals surface area contributed by atoms with Gasteiger partial charge >= 0.3 is 5.97 Å². The van der Waals surface area contributed by atoms with Crippen molar-refractivity contribution in [2.45, 2.75) is 52.1 Å². The minimum atomic E-state index is -0.706. The lowest BCUT2D eigenvalue weighted by molar-refractivity contribution is -0.157. The number of hydrogen-bond acceptors (Lipinski definition) is 4. The number of methoxy groups -OCH3 is 1. The maximum atomic E-state index is 14.6. The summed E-state index contributed by atoms with van der Waals surface area (Å²) in [7, 11) is 1.34. The first-order valence-electron chi connectivity index (χ1n) is 9.02. The number of likely N-dealkylation sites (tertiary alicyclic amines) is 1. The molecular weight excluding hydrogens is 356 g/mol. The zero-order chi connectivity index (χ0) is 20.4. The molecule has 0 saturated carbocycles. The first-order valence-corrected chi connectivity index (χ1v) is 9.02. The van der Waals surface area contributed by atoms with Gasteiger partial charge in [-0.2, -0.15) is 0 Å². The molecule has 1 unspecified atom stereocenters. The average Bonchev–Trinajstić information content (AvgIpc) is 2.53. The monoisotopic (exact) mass is 383 g/mol. The number of benzene rings is 1. The van der Waals surface area contributed by atoms with Crippen LogP contribution in [-0.4, -0.2) is 42.6 Å². The van der Waals surface area contributed by atoms with Crippen LogP contribution in [0.1, 0.15) is 52.0 Å². The van der Waals surface area contributed by atoms with E-state index >= 15 is 0 Å². The molecule has 1 aliphatic rings. The fourth-order valence-electron chi connectivity index (χ4n) is 3.54. The Hall–Kier alpha value is -2.18. The van der Waals surface area contributed by atoms with Gasteiger partial charge in [0.15, 0.2) is 0 Å². The van der Waals surface area contributed by atoms with Crippen LogP contribution in [0.25, 0.3) is 0 Å². The second kappa shape index (κ2) is 8.23. The van der Waals surface area contributed by atoms with Crippen LogP contribution in [0.4, 0.5) is 8.78 Å². The molecule has 0 aliphatic carbocycles. The molecule has 1 fully saturated rings. The van der Waals surface area contributed by atoms with Gasteiger partial charge < -0.3 is 14.4 Å². The topological polar surface area (TPSA) is 55.8 Å². The minimum Gasteiger partial charge on any atom is -0.497 e. The van der Waals surface area contributed by atoms with Gasteiger partial charge in [-0.25, -0.2) is 8.78 Å². The molecule has 1 aliphatic heterocycles. The minimum absolute atomic E-state index is 0.0172. The second-order valence-corrected chi connectivity index (χ2v) is 7.92. The number of esters is 1. The lowest BCUT2D eigenvalue weighted by Gasteiger charge is -2.38. The highest BCUT2D eigenvalue weighted by atomic mass is 19.1. The van der Waals surface area contributed by atoms with Gasteiger partial charge in [0.1, 0.15) is 23.0 Å². The summed E-state index contributed by atoms with van der Waals surface area (Å²) in [5, 5.41) is 0. The van der Waals surface area contributed by atoms with Crippen molar-refractivity contribution in [1.82, 2.24) is 4.90 Å². The molecule has 0 spiro atoms. The van der Waals surface area contributed by atoms with Gasteiger partial charge in [-0.1, -0.05) is 0 Å². The normalized spacial score (nSPS) is 20.3. The van der Waals surface area contributed by atoms with Crippen molar-refractivity contribution in [3.8, 4) is 5.75 Å². The molecule has 2 rings (SSSR count). The highest BCUT2D eigenvalue weighted by molar-refractivity contribution is 5.74. The predicted octanol–water partition coefficient (Wildman–Crippen LogP) is 3.66. The molecule has 2 atom stereocenters. The predicted molar refractivity (Wildman–Crippen MR) is 96.5 cm³/mol. The van der Waals surface area contributed by atoms with Crippen LogP contribution >= 0.6 is 0 Å². The second-order valence-electron chi connectivity index (χ2n) is 7.92. The van der Waals surface area contributed by atoms with E-state index in [2.05, 4.69) is 0 Å². The fraction of sp³-hybridized carbons (Fsp3) is 0.600. The van der Waals surface area contributed by atoms with E-state index in [0.29, 0.717) is 13.0 Å². The van der Waals surface area contributed by atoms with E-state index in [-0.39, 0.29) is 30.2 Å². The lowest BCUT2D eigenvalue weighted by atomic mass is 9.78. The Balaban J connectivity index is 2.32. The van der Waals surface area contributed by atoms with E-state index in [1.807, 2.05) is 0 Å². The summed E-state index contributed by atoms with van der Waals surface area (Å²) in [5.74, 6) is -2.85. The zero-order valence-electron chi connectivity index (χ0n) is 16.5. The summed E-state index contributed by atoms with van der Waals surface area (Å²) in [4.78, 5) is 25.7. The Morgan fingerprint density at radius 3 is 2.30 bits per heavy atom. The van der Waals surface area contributed by atoms with Crippen molar-refractivity contribution in [3.63, 3.8) is 0 Å². The summed E-state index contributed by atoms with van der Waals surface area (Å²) in [5.41, 5.74) is -0.717. The van der Waals surface area contributed by atoms with Gasteiger partial charge in [0, 0.05) is 37.7 Å². The van der Waals surface area contributed by atoms with E-state index in [0.717, 1.165) is 12.1 Å². The molecule has 0 N–H and O–H groups in total. The molecule has 1 saturated heterocycles. The molecule has 1 amide bonds. The van der Waals surface area contributed by atoms with Crippen LogP contribution in [0, 0.1) is 17.6 Å². The smallest absolute Gasteiger partial charge is 0.306 e. The number of hydrogen-bond donors (Lipinski definition) is 0. The van der Waals surface area contributed by atoms with Crippen molar-refractivity contribution < 1.29 is 27.8 Å². The molecule has 1 aromatic carbocycles. The summed E-state index contributed by atoms with van der Waals surface area (Å²) in [6, 6.07) is 2.28. The Kier molecular flexibility index (Phi) is 6.44. The molecule has 5 nitrogen and oxygen atoms in total. The Bertz CT molecular complexity index is 691.